The lowest BCUT2D eigenvalue weighted by Gasteiger charge is -2.05. The van der Waals surface area contributed by atoms with Crippen LogP contribution in [0.5, 0.6) is 0 Å². The summed E-state index contributed by atoms with van der Waals surface area (Å²) >= 11 is 4.93. The number of carbonyl (C=O) groups excluding carboxylic acids is 1. The SMILES string of the molecule is CCNC(=O)CCn1ccc(=O)[nH]c1=S. The summed E-state index contributed by atoms with van der Waals surface area (Å²) < 4.78 is 2.00. The van der Waals surface area contributed by atoms with E-state index in [0.29, 0.717) is 24.3 Å². The quantitative estimate of drug-likeness (QED) is 0.733. The van der Waals surface area contributed by atoms with Gasteiger partial charge in [-0.05, 0) is 19.1 Å². The molecule has 0 aromatic carbocycles. The van der Waals surface area contributed by atoms with E-state index in [1.807, 2.05) is 6.92 Å². The highest BCUT2D eigenvalue weighted by Gasteiger charge is 2.00. The van der Waals surface area contributed by atoms with E-state index in [0.717, 1.165) is 0 Å². The van der Waals surface area contributed by atoms with Gasteiger partial charge in [-0.25, -0.2) is 0 Å². The van der Waals surface area contributed by atoms with E-state index in [-0.39, 0.29) is 11.5 Å². The molecule has 0 spiro atoms. The van der Waals surface area contributed by atoms with Crippen LogP contribution in [-0.2, 0) is 11.3 Å². The first-order valence-corrected chi connectivity index (χ1v) is 5.10. The van der Waals surface area contributed by atoms with Crippen molar-refractivity contribution in [2.45, 2.75) is 19.9 Å². The second-order valence-corrected chi connectivity index (χ2v) is 3.39. The topological polar surface area (TPSA) is 66.9 Å². The number of rotatable bonds is 4. The Morgan fingerprint density at radius 3 is 3.00 bits per heavy atom. The normalized spacial score (nSPS) is 9.93. The average Bonchev–Trinajstić information content (AvgIpc) is 2.17. The van der Waals surface area contributed by atoms with Gasteiger partial charge in [-0.15, -0.1) is 0 Å². The predicted molar refractivity (Wildman–Crippen MR) is 59.2 cm³/mol. The van der Waals surface area contributed by atoms with Crippen molar-refractivity contribution in [3.63, 3.8) is 0 Å². The highest BCUT2D eigenvalue weighted by atomic mass is 32.1. The largest absolute Gasteiger partial charge is 0.356 e. The van der Waals surface area contributed by atoms with Crippen LogP contribution < -0.4 is 10.9 Å². The molecule has 0 saturated carbocycles. The van der Waals surface area contributed by atoms with Gasteiger partial charge in [0.2, 0.25) is 5.91 Å². The van der Waals surface area contributed by atoms with Crippen molar-refractivity contribution >= 4 is 18.1 Å². The van der Waals surface area contributed by atoms with Gasteiger partial charge in [0.25, 0.3) is 5.56 Å². The lowest BCUT2D eigenvalue weighted by atomic mass is 10.4. The molecule has 5 nitrogen and oxygen atoms in total. The number of aromatic nitrogens is 2. The zero-order chi connectivity index (χ0) is 11.3. The molecule has 0 unspecified atom stereocenters. The summed E-state index contributed by atoms with van der Waals surface area (Å²) in [6.07, 6.45) is 1.94. The summed E-state index contributed by atoms with van der Waals surface area (Å²) in [5.74, 6) is -0.0226. The number of hydrogen-bond acceptors (Lipinski definition) is 3. The molecule has 15 heavy (non-hydrogen) atoms. The molecule has 0 aliphatic carbocycles. The van der Waals surface area contributed by atoms with Crippen molar-refractivity contribution in [3.05, 3.63) is 27.4 Å². The van der Waals surface area contributed by atoms with Crippen molar-refractivity contribution in [2.24, 2.45) is 0 Å². The van der Waals surface area contributed by atoms with E-state index in [9.17, 15) is 9.59 Å². The van der Waals surface area contributed by atoms with Gasteiger partial charge in [0, 0.05) is 31.8 Å². The molecule has 0 atom stereocenters. The number of aromatic amines is 1. The van der Waals surface area contributed by atoms with Gasteiger partial charge < -0.3 is 9.88 Å². The molecule has 0 bridgehead atoms. The highest BCUT2D eigenvalue weighted by Crippen LogP contribution is 1.91. The minimum Gasteiger partial charge on any atom is -0.356 e. The van der Waals surface area contributed by atoms with Crippen LogP contribution in [0.1, 0.15) is 13.3 Å². The van der Waals surface area contributed by atoms with Gasteiger partial charge in [0.1, 0.15) is 0 Å². The van der Waals surface area contributed by atoms with E-state index in [1.165, 1.54) is 6.07 Å². The monoisotopic (exact) mass is 227 g/mol. The van der Waals surface area contributed by atoms with Crippen LogP contribution in [0.2, 0.25) is 0 Å². The van der Waals surface area contributed by atoms with Crippen LogP contribution in [-0.4, -0.2) is 22.0 Å². The van der Waals surface area contributed by atoms with Crippen LogP contribution in [0.25, 0.3) is 0 Å². The van der Waals surface area contributed by atoms with Crippen molar-refractivity contribution in [1.29, 1.82) is 0 Å². The van der Waals surface area contributed by atoms with E-state index < -0.39 is 0 Å². The third-order valence-corrected chi connectivity index (χ3v) is 2.19. The molecule has 0 aliphatic heterocycles. The molecule has 1 aromatic heterocycles. The van der Waals surface area contributed by atoms with Crippen LogP contribution in [0, 0.1) is 4.77 Å². The average molecular weight is 227 g/mol. The summed E-state index contributed by atoms with van der Waals surface area (Å²) in [5, 5.41) is 2.69. The molecule has 1 aromatic rings. The summed E-state index contributed by atoms with van der Waals surface area (Å²) in [7, 11) is 0. The lowest BCUT2D eigenvalue weighted by molar-refractivity contribution is -0.121. The predicted octanol–water partition coefficient (Wildman–Crippen LogP) is 0.432. The van der Waals surface area contributed by atoms with E-state index in [4.69, 9.17) is 12.2 Å². The van der Waals surface area contributed by atoms with Crippen LogP contribution >= 0.6 is 12.2 Å². The number of aryl methyl sites for hydroxylation is 1. The van der Waals surface area contributed by atoms with Crippen LogP contribution in [0.15, 0.2) is 17.1 Å². The maximum absolute atomic E-state index is 11.2. The maximum atomic E-state index is 11.2. The smallest absolute Gasteiger partial charge is 0.251 e. The number of H-pyrrole nitrogens is 1. The van der Waals surface area contributed by atoms with Gasteiger partial charge >= 0.3 is 0 Å². The van der Waals surface area contributed by atoms with Gasteiger partial charge in [-0.3, -0.25) is 14.6 Å². The number of hydrogen-bond donors (Lipinski definition) is 2. The molecule has 1 amide bonds. The first-order valence-electron chi connectivity index (χ1n) is 4.70. The van der Waals surface area contributed by atoms with E-state index in [1.54, 1.807) is 10.8 Å². The number of nitrogens with zero attached hydrogens (tertiary/aromatic N) is 1. The first kappa shape index (κ1) is 11.6. The minimum absolute atomic E-state index is 0.0226. The summed E-state index contributed by atoms with van der Waals surface area (Å²) in [6.45, 7) is 2.96. The molecule has 0 saturated heterocycles. The number of nitrogens with one attached hydrogen (secondary N) is 2. The fourth-order valence-electron chi connectivity index (χ4n) is 1.13. The van der Waals surface area contributed by atoms with Crippen molar-refractivity contribution < 1.29 is 4.79 Å². The molecule has 2 N–H and O–H groups in total. The van der Waals surface area contributed by atoms with E-state index >= 15 is 0 Å². The second-order valence-electron chi connectivity index (χ2n) is 3.01. The van der Waals surface area contributed by atoms with Crippen molar-refractivity contribution in [1.82, 2.24) is 14.9 Å². The Kier molecular flexibility index (Phi) is 4.23. The summed E-state index contributed by atoms with van der Waals surface area (Å²) in [4.78, 5) is 24.5. The maximum Gasteiger partial charge on any atom is 0.251 e. The van der Waals surface area contributed by atoms with E-state index in [2.05, 4.69) is 10.3 Å². The molecule has 0 radical (unpaired) electrons. The minimum atomic E-state index is -0.228. The first-order chi connectivity index (χ1) is 7.13. The fraction of sp³-hybridized carbons (Fsp3) is 0.444. The number of carbonyl (C=O) groups is 1. The van der Waals surface area contributed by atoms with Crippen LogP contribution in [0.3, 0.4) is 0 Å². The van der Waals surface area contributed by atoms with Crippen molar-refractivity contribution in [2.75, 3.05) is 6.54 Å². The van der Waals surface area contributed by atoms with Crippen LogP contribution in [0.4, 0.5) is 0 Å². The third-order valence-electron chi connectivity index (χ3n) is 1.85. The molecule has 1 heterocycles. The molecular weight excluding hydrogens is 214 g/mol. The van der Waals surface area contributed by atoms with Crippen molar-refractivity contribution in [3.8, 4) is 0 Å². The fourth-order valence-corrected chi connectivity index (χ4v) is 1.38. The Bertz CT molecular complexity index is 449. The molecule has 1 rings (SSSR count). The molecule has 6 heteroatoms. The van der Waals surface area contributed by atoms with Gasteiger partial charge in [0.05, 0.1) is 0 Å². The third kappa shape index (κ3) is 3.67. The van der Waals surface area contributed by atoms with Gasteiger partial charge in [0.15, 0.2) is 4.77 Å². The second kappa shape index (κ2) is 5.45. The summed E-state index contributed by atoms with van der Waals surface area (Å²) in [6, 6.07) is 1.38. The Morgan fingerprint density at radius 2 is 2.40 bits per heavy atom. The molecule has 0 aliphatic rings. The zero-order valence-corrected chi connectivity index (χ0v) is 9.26. The standard InChI is InChI=1S/C9H13N3O2S/c1-2-10-7(13)3-5-12-6-4-8(14)11-9(12)15/h4,6H,2-3,5H2,1H3,(H,10,13)(H,11,14,15). The Balaban J connectivity index is 2.62. The lowest BCUT2D eigenvalue weighted by Crippen LogP contribution is -2.24. The Labute approximate surface area is 92.1 Å². The molecule has 82 valence electrons. The van der Waals surface area contributed by atoms with Gasteiger partial charge in [-0.2, -0.15) is 0 Å². The summed E-state index contributed by atoms with van der Waals surface area (Å²) in [5.41, 5.74) is -0.228. The van der Waals surface area contributed by atoms with Gasteiger partial charge in [-0.1, -0.05) is 0 Å². The number of amides is 1. The highest BCUT2D eigenvalue weighted by molar-refractivity contribution is 7.71. The Hall–Kier alpha value is -1.43. The molecule has 0 fully saturated rings. The Morgan fingerprint density at radius 1 is 1.67 bits per heavy atom. The molecular formula is C9H13N3O2S. The zero-order valence-electron chi connectivity index (χ0n) is 8.45.